The average Bonchev–Trinajstić information content (AvgIpc) is 2.06. The fraction of sp³-hybridized carbons (Fsp3) is 0.333. The molecule has 2 heteroatoms. The van der Waals surface area contributed by atoms with Crippen molar-refractivity contribution in [2.45, 2.75) is 13.3 Å². The van der Waals surface area contributed by atoms with Crippen molar-refractivity contribution in [3.05, 3.63) is 29.6 Å². The molecule has 1 rings (SSSR count). The number of rotatable bonds is 2. The van der Waals surface area contributed by atoms with E-state index in [4.69, 9.17) is 4.74 Å². The van der Waals surface area contributed by atoms with Crippen molar-refractivity contribution < 1.29 is 9.53 Å². The minimum atomic E-state index is 0.577. The van der Waals surface area contributed by atoms with Crippen molar-refractivity contribution in [3.8, 4) is 0 Å². The van der Waals surface area contributed by atoms with Crippen molar-refractivity contribution in [2.24, 2.45) is 0 Å². The summed E-state index contributed by atoms with van der Waals surface area (Å²) >= 11 is 0. The molecular formula is C9H10O2. The lowest BCUT2D eigenvalue weighted by Gasteiger charge is -2.09. The van der Waals surface area contributed by atoms with E-state index in [0.29, 0.717) is 18.6 Å². The van der Waals surface area contributed by atoms with Crippen molar-refractivity contribution in [1.82, 2.24) is 0 Å². The second kappa shape index (κ2) is 3.79. The average molecular weight is 150 g/mol. The predicted octanol–water partition coefficient (Wildman–Crippen LogP) is 1.62. The largest absolute Gasteiger partial charge is 0.498 e. The topological polar surface area (TPSA) is 26.3 Å². The van der Waals surface area contributed by atoms with Crippen LogP contribution in [0.3, 0.4) is 0 Å². The van der Waals surface area contributed by atoms with Gasteiger partial charge in [0.15, 0.2) is 0 Å². The summed E-state index contributed by atoms with van der Waals surface area (Å²) < 4.78 is 5.22. The normalized spacial score (nSPS) is 15.7. The molecule has 0 aromatic carbocycles. The van der Waals surface area contributed by atoms with E-state index >= 15 is 0 Å². The zero-order chi connectivity index (χ0) is 8.10. The third-order valence-corrected chi connectivity index (χ3v) is 1.41. The van der Waals surface area contributed by atoms with E-state index in [0.717, 1.165) is 5.76 Å². The zero-order valence-electron chi connectivity index (χ0n) is 6.46. The Morgan fingerprint density at radius 3 is 3.18 bits per heavy atom. The van der Waals surface area contributed by atoms with Gasteiger partial charge in [-0.2, -0.15) is 0 Å². The summed E-state index contributed by atoms with van der Waals surface area (Å²) in [6.07, 6.45) is 5.99. The number of allylic oxidation sites excluding steroid dienone is 4. The summed E-state index contributed by atoms with van der Waals surface area (Å²) in [5.41, 5.74) is 0.649. The smallest absolute Gasteiger partial charge is 0.128 e. The molecule has 0 N–H and O–H groups in total. The SMILES string of the molecule is CCOC1=CC=CC(=C=O)C1. The van der Waals surface area contributed by atoms with Gasteiger partial charge >= 0.3 is 0 Å². The lowest BCUT2D eigenvalue weighted by molar-refractivity contribution is 0.223. The first-order valence-corrected chi connectivity index (χ1v) is 3.61. The van der Waals surface area contributed by atoms with Gasteiger partial charge in [0.1, 0.15) is 11.7 Å². The van der Waals surface area contributed by atoms with Gasteiger partial charge in [-0.25, -0.2) is 4.79 Å². The minimum Gasteiger partial charge on any atom is -0.498 e. The Morgan fingerprint density at radius 2 is 2.55 bits per heavy atom. The van der Waals surface area contributed by atoms with Crippen LogP contribution in [-0.4, -0.2) is 12.5 Å². The van der Waals surface area contributed by atoms with Crippen LogP contribution in [0, 0.1) is 0 Å². The van der Waals surface area contributed by atoms with Gasteiger partial charge in [-0.15, -0.1) is 0 Å². The van der Waals surface area contributed by atoms with Crippen LogP contribution < -0.4 is 0 Å². The lowest BCUT2D eigenvalue weighted by atomic mass is 10.1. The summed E-state index contributed by atoms with van der Waals surface area (Å²) in [5, 5.41) is 0. The van der Waals surface area contributed by atoms with Crippen LogP contribution in [0.2, 0.25) is 0 Å². The summed E-state index contributed by atoms with van der Waals surface area (Å²) in [6.45, 7) is 2.56. The number of ether oxygens (including phenoxy) is 1. The van der Waals surface area contributed by atoms with Crippen molar-refractivity contribution >= 4 is 5.94 Å². The summed E-state index contributed by atoms with van der Waals surface area (Å²) in [7, 11) is 0. The molecule has 0 unspecified atom stereocenters. The van der Waals surface area contributed by atoms with Gasteiger partial charge < -0.3 is 4.74 Å². The molecule has 0 bridgehead atoms. The third-order valence-electron chi connectivity index (χ3n) is 1.41. The summed E-state index contributed by atoms with van der Waals surface area (Å²) in [4.78, 5) is 10.2. The molecule has 0 fully saturated rings. The first-order chi connectivity index (χ1) is 5.36. The van der Waals surface area contributed by atoms with Crippen LogP contribution in [0.15, 0.2) is 29.6 Å². The van der Waals surface area contributed by atoms with E-state index in [1.54, 1.807) is 12.2 Å². The van der Waals surface area contributed by atoms with Gasteiger partial charge in [0.05, 0.1) is 6.61 Å². The highest BCUT2D eigenvalue weighted by molar-refractivity contribution is 5.59. The van der Waals surface area contributed by atoms with Crippen molar-refractivity contribution in [2.75, 3.05) is 6.61 Å². The Balaban J connectivity index is 2.64. The maximum Gasteiger partial charge on any atom is 0.128 e. The molecule has 0 aromatic rings. The van der Waals surface area contributed by atoms with Crippen LogP contribution >= 0.6 is 0 Å². The highest BCUT2D eigenvalue weighted by Gasteiger charge is 2.04. The van der Waals surface area contributed by atoms with E-state index in [-0.39, 0.29) is 0 Å². The minimum absolute atomic E-state index is 0.577. The highest BCUT2D eigenvalue weighted by Crippen LogP contribution is 2.15. The van der Waals surface area contributed by atoms with Gasteiger partial charge in [-0.3, -0.25) is 0 Å². The summed E-state index contributed by atoms with van der Waals surface area (Å²) in [5.74, 6) is 2.69. The van der Waals surface area contributed by atoms with E-state index in [2.05, 4.69) is 0 Å². The molecule has 11 heavy (non-hydrogen) atoms. The molecule has 0 saturated carbocycles. The van der Waals surface area contributed by atoms with Crippen LogP contribution in [0.25, 0.3) is 0 Å². The number of hydrogen-bond acceptors (Lipinski definition) is 2. The molecule has 0 atom stereocenters. The van der Waals surface area contributed by atoms with Crippen LogP contribution in [0.4, 0.5) is 0 Å². The van der Waals surface area contributed by atoms with Gasteiger partial charge in [-0.05, 0) is 19.1 Å². The Labute approximate surface area is 65.9 Å². The maximum absolute atomic E-state index is 10.2. The van der Waals surface area contributed by atoms with Crippen LogP contribution in [-0.2, 0) is 9.53 Å². The van der Waals surface area contributed by atoms with Crippen LogP contribution in [0.5, 0.6) is 0 Å². The Hall–Kier alpha value is -1.27. The summed E-state index contributed by atoms with van der Waals surface area (Å²) in [6, 6.07) is 0. The van der Waals surface area contributed by atoms with Gasteiger partial charge in [0.2, 0.25) is 0 Å². The van der Waals surface area contributed by atoms with Gasteiger partial charge in [-0.1, -0.05) is 6.08 Å². The third kappa shape index (κ3) is 2.10. The van der Waals surface area contributed by atoms with E-state index in [1.807, 2.05) is 18.9 Å². The van der Waals surface area contributed by atoms with Gasteiger partial charge in [0.25, 0.3) is 0 Å². The van der Waals surface area contributed by atoms with Gasteiger partial charge in [0, 0.05) is 12.0 Å². The van der Waals surface area contributed by atoms with Crippen molar-refractivity contribution in [1.29, 1.82) is 0 Å². The monoisotopic (exact) mass is 150 g/mol. The van der Waals surface area contributed by atoms with E-state index in [9.17, 15) is 4.79 Å². The van der Waals surface area contributed by atoms with E-state index in [1.165, 1.54) is 0 Å². The predicted molar refractivity (Wildman–Crippen MR) is 42.7 cm³/mol. The second-order valence-electron chi connectivity index (χ2n) is 2.23. The quantitative estimate of drug-likeness (QED) is 0.559. The first-order valence-electron chi connectivity index (χ1n) is 3.61. The molecular weight excluding hydrogens is 140 g/mol. The molecule has 1 aliphatic rings. The number of carbonyl (C=O) groups excluding carboxylic acids is 1. The molecule has 58 valence electrons. The molecule has 0 amide bonds. The molecule has 0 saturated heterocycles. The Kier molecular flexibility index (Phi) is 2.70. The first kappa shape index (κ1) is 7.83. The Bertz CT molecular complexity index is 242. The molecule has 0 aliphatic heterocycles. The fourth-order valence-electron chi connectivity index (χ4n) is 0.932. The molecule has 2 nitrogen and oxygen atoms in total. The molecule has 0 aromatic heterocycles. The van der Waals surface area contributed by atoms with Crippen LogP contribution in [0.1, 0.15) is 13.3 Å². The van der Waals surface area contributed by atoms with Crippen molar-refractivity contribution in [3.63, 3.8) is 0 Å². The second-order valence-corrected chi connectivity index (χ2v) is 2.23. The molecule has 0 heterocycles. The highest BCUT2D eigenvalue weighted by atomic mass is 16.5. The Morgan fingerprint density at radius 1 is 1.73 bits per heavy atom. The molecule has 1 aliphatic carbocycles. The molecule has 0 radical (unpaired) electrons. The maximum atomic E-state index is 10.2. The lowest BCUT2D eigenvalue weighted by Crippen LogP contribution is -1.96. The number of hydrogen-bond donors (Lipinski definition) is 0. The van der Waals surface area contributed by atoms with E-state index < -0.39 is 0 Å². The molecule has 0 spiro atoms. The fourth-order valence-corrected chi connectivity index (χ4v) is 0.932. The standard InChI is InChI=1S/C9H10O2/c1-2-11-9-5-3-4-8(6-9)7-10/h3-5H,2,6H2,1H3. The zero-order valence-corrected chi connectivity index (χ0v) is 6.46.